The molecule has 0 aliphatic heterocycles. The lowest BCUT2D eigenvalue weighted by Crippen LogP contribution is -2.34. The van der Waals surface area contributed by atoms with E-state index in [2.05, 4.69) is 5.32 Å². The van der Waals surface area contributed by atoms with Crippen LogP contribution in [0.4, 0.5) is 0 Å². The lowest BCUT2D eigenvalue weighted by Gasteiger charge is -2.19. The number of hydrogen-bond acceptors (Lipinski definition) is 4. The van der Waals surface area contributed by atoms with Gasteiger partial charge in [0.15, 0.2) is 0 Å². The second-order valence-electron chi connectivity index (χ2n) is 3.80. The van der Waals surface area contributed by atoms with Gasteiger partial charge in [-0.1, -0.05) is 11.6 Å². The summed E-state index contributed by atoms with van der Waals surface area (Å²) in [4.78, 5) is 10.7. The van der Waals surface area contributed by atoms with Crippen molar-refractivity contribution in [3.05, 3.63) is 34.3 Å². The fourth-order valence-corrected chi connectivity index (χ4v) is 1.64. The van der Waals surface area contributed by atoms with E-state index in [9.17, 15) is 15.0 Å². The molecule has 2 unspecified atom stereocenters. The summed E-state index contributed by atoms with van der Waals surface area (Å²) in [7, 11) is 0. The number of carbonyl (C=O) groups is 1. The van der Waals surface area contributed by atoms with Crippen LogP contribution in [0.5, 0.6) is 0 Å². The number of aliphatic hydroxyl groups excluding tert-OH is 2. The average Bonchev–Trinajstić information content (AvgIpc) is 2.35. The number of hydrogen-bond donors (Lipinski definition) is 3. The van der Waals surface area contributed by atoms with Gasteiger partial charge in [-0.2, -0.15) is 5.26 Å². The van der Waals surface area contributed by atoms with Crippen molar-refractivity contribution in [1.82, 2.24) is 5.32 Å². The molecule has 1 aromatic rings. The lowest BCUT2D eigenvalue weighted by atomic mass is 10.0. The smallest absolute Gasteiger partial charge is 0.216 e. The van der Waals surface area contributed by atoms with Gasteiger partial charge in [0.05, 0.1) is 11.6 Å². The molecule has 5 nitrogen and oxygen atoms in total. The average molecular weight is 269 g/mol. The molecular weight excluding hydrogens is 256 g/mol. The van der Waals surface area contributed by atoms with Crippen molar-refractivity contribution in [3.63, 3.8) is 0 Å². The van der Waals surface area contributed by atoms with Crippen LogP contribution in [0.15, 0.2) is 18.2 Å². The fraction of sp³-hybridized carbons (Fsp3) is 0.333. The Morgan fingerprint density at radius 2 is 2.22 bits per heavy atom. The predicted octanol–water partition coefficient (Wildman–Crippen LogP) is 0.742. The Bertz CT molecular complexity index is 485. The highest BCUT2D eigenvalue weighted by molar-refractivity contribution is 6.31. The van der Waals surface area contributed by atoms with E-state index in [0.717, 1.165) is 0 Å². The Kier molecular flexibility index (Phi) is 5.10. The maximum Gasteiger partial charge on any atom is 0.216 e. The topological polar surface area (TPSA) is 93.3 Å². The van der Waals surface area contributed by atoms with Crippen LogP contribution < -0.4 is 5.32 Å². The van der Waals surface area contributed by atoms with Crippen molar-refractivity contribution in [1.29, 1.82) is 5.26 Å². The molecule has 0 saturated heterocycles. The van der Waals surface area contributed by atoms with Gasteiger partial charge in [-0.3, -0.25) is 4.79 Å². The Balaban J connectivity index is 2.85. The third kappa shape index (κ3) is 3.70. The summed E-state index contributed by atoms with van der Waals surface area (Å²) in [6.45, 7) is 1.21. The molecule has 0 saturated carbocycles. The number of amides is 1. The summed E-state index contributed by atoms with van der Waals surface area (Å²) >= 11 is 5.89. The molecule has 18 heavy (non-hydrogen) atoms. The van der Waals surface area contributed by atoms with E-state index in [1.807, 2.05) is 6.07 Å². The molecule has 0 heterocycles. The SMILES string of the molecule is CC(=O)NCC(O)C(O)c1cc(C#N)ccc1Cl. The summed E-state index contributed by atoms with van der Waals surface area (Å²) in [5.41, 5.74) is 0.591. The molecule has 0 aliphatic carbocycles. The van der Waals surface area contributed by atoms with E-state index < -0.39 is 12.2 Å². The molecule has 0 spiro atoms. The number of nitrogens with one attached hydrogen (secondary N) is 1. The number of halogens is 1. The molecule has 6 heteroatoms. The van der Waals surface area contributed by atoms with Gasteiger partial charge in [-0.15, -0.1) is 0 Å². The van der Waals surface area contributed by atoms with Crippen molar-refractivity contribution in [3.8, 4) is 6.07 Å². The largest absolute Gasteiger partial charge is 0.388 e. The molecule has 3 N–H and O–H groups in total. The van der Waals surface area contributed by atoms with Gasteiger partial charge in [0.2, 0.25) is 5.91 Å². The molecule has 1 amide bonds. The highest BCUT2D eigenvalue weighted by Crippen LogP contribution is 2.26. The van der Waals surface area contributed by atoms with Gasteiger partial charge in [0.1, 0.15) is 12.2 Å². The highest BCUT2D eigenvalue weighted by Gasteiger charge is 2.21. The summed E-state index contributed by atoms with van der Waals surface area (Å²) in [5.74, 6) is -0.307. The third-order valence-electron chi connectivity index (χ3n) is 2.37. The predicted molar refractivity (Wildman–Crippen MR) is 65.8 cm³/mol. The third-order valence-corrected chi connectivity index (χ3v) is 2.71. The highest BCUT2D eigenvalue weighted by atomic mass is 35.5. The molecular formula is C12H13ClN2O3. The zero-order valence-electron chi connectivity index (χ0n) is 9.72. The molecule has 1 aromatic carbocycles. The molecule has 0 aliphatic rings. The number of nitriles is 1. The van der Waals surface area contributed by atoms with Gasteiger partial charge in [-0.05, 0) is 18.2 Å². The Labute approximate surface area is 110 Å². The van der Waals surface area contributed by atoms with E-state index in [1.165, 1.54) is 25.1 Å². The van der Waals surface area contributed by atoms with Crippen LogP contribution in [0.3, 0.4) is 0 Å². The van der Waals surface area contributed by atoms with E-state index in [4.69, 9.17) is 16.9 Å². The summed E-state index contributed by atoms with van der Waals surface area (Å²) in [5, 5.41) is 31.0. The van der Waals surface area contributed by atoms with Crippen LogP contribution in [0.1, 0.15) is 24.2 Å². The van der Waals surface area contributed by atoms with Gasteiger partial charge in [-0.25, -0.2) is 0 Å². The zero-order valence-corrected chi connectivity index (χ0v) is 10.5. The Morgan fingerprint density at radius 3 is 2.78 bits per heavy atom. The van der Waals surface area contributed by atoms with Gasteiger partial charge in [0.25, 0.3) is 0 Å². The number of aliphatic hydroxyl groups is 2. The normalized spacial score (nSPS) is 13.5. The summed E-state index contributed by atoms with van der Waals surface area (Å²) in [6, 6.07) is 6.31. The molecule has 0 radical (unpaired) electrons. The zero-order chi connectivity index (χ0) is 13.7. The molecule has 96 valence electrons. The maximum absolute atomic E-state index is 10.7. The Hall–Kier alpha value is -1.61. The minimum Gasteiger partial charge on any atom is -0.388 e. The summed E-state index contributed by atoms with van der Waals surface area (Å²) < 4.78 is 0. The summed E-state index contributed by atoms with van der Waals surface area (Å²) in [6.07, 6.45) is -2.46. The first-order valence-electron chi connectivity index (χ1n) is 5.25. The maximum atomic E-state index is 10.7. The van der Waals surface area contributed by atoms with E-state index >= 15 is 0 Å². The van der Waals surface area contributed by atoms with Crippen LogP contribution in [0.25, 0.3) is 0 Å². The molecule has 0 fully saturated rings. The monoisotopic (exact) mass is 268 g/mol. The van der Waals surface area contributed by atoms with Gasteiger partial charge >= 0.3 is 0 Å². The van der Waals surface area contributed by atoms with Crippen LogP contribution in [0, 0.1) is 11.3 Å². The number of nitrogens with zero attached hydrogens (tertiary/aromatic N) is 1. The first-order chi connectivity index (χ1) is 8.45. The van der Waals surface area contributed by atoms with Crippen molar-refractivity contribution in [2.45, 2.75) is 19.1 Å². The first kappa shape index (κ1) is 14.5. The minimum atomic E-state index is -1.27. The second-order valence-corrected chi connectivity index (χ2v) is 4.20. The Morgan fingerprint density at radius 1 is 1.56 bits per heavy atom. The number of rotatable bonds is 4. The number of carbonyl (C=O) groups excluding carboxylic acids is 1. The molecule has 0 bridgehead atoms. The minimum absolute atomic E-state index is 0.0936. The standard InChI is InChI=1S/C12H13ClN2O3/c1-7(16)15-6-11(17)12(18)9-4-8(5-14)2-3-10(9)13/h2-4,11-12,17-18H,6H2,1H3,(H,15,16). The second kappa shape index (κ2) is 6.36. The quantitative estimate of drug-likeness (QED) is 0.751. The molecule has 2 atom stereocenters. The van der Waals surface area contributed by atoms with Crippen molar-refractivity contribution >= 4 is 17.5 Å². The van der Waals surface area contributed by atoms with E-state index in [0.29, 0.717) is 5.56 Å². The van der Waals surface area contributed by atoms with Crippen molar-refractivity contribution < 1.29 is 15.0 Å². The first-order valence-corrected chi connectivity index (χ1v) is 5.63. The fourth-order valence-electron chi connectivity index (χ4n) is 1.41. The van der Waals surface area contributed by atoms with Crippen LogP contribution in [0.2, 0.25) is 5.02 Å². The molecule has 0 aromatic heterocycles. The van der Waals surface area contributed by atoms with Crippen LogP contribution in [-0.2, 0) is 4.79 Å². The van der Waals surface area contributed by atoms with E-state index in [-0.39, 0.29) is 23.0 Å². The van der Waals surface area contributed by atoms with Crippen molar-refractivity contribution in [2.24, 2.45) is 0 Å². The van der Waals surface area contributed by atoms with Crippen molar-refractivity contribution in [2.75, 3.05) is 6.54 Å². The lowest BCUT2D eigenvalue weighted by molar-refractivity contribution is -0.119. The van der Waals surface area contributed by atoms with Gasteiger partial charge < -0.3 is 15.5 Å². The molecule has 1 rings (SSSR count). The van der Waals surface area contributed by atoms with Crippen LogP contribution in [-0.4, -0.2) is 28.8 Å². The van der Waals surface area contributed by atoms with E-state index in [1.54, 1.807) is 0 Å². The van der Waals surface area contributed by atoms with Gasteiger partial charge in [0, 0.05) is 24.1 Å². The number of benzene rings is 1. The van der Waals surface area contributed by atoms with Crippen LogP contribution >= 0.6 is 11.6 Å².